The second-order valence-electron chi connectivity index (χ2n) is 6.02. The molecule has 0 aliphatic carbocycles. The summed E-state index contributed by atoms with van der Waals surface area (Å²) in [5.74, 6) is 2.91. The maximum Gasteiger partial charge on any atom is 0.257 e. The lowest BCUT2D eigenvalue weighted by Gasteiger charge is -2.25. The Morgan fingerprint density at radius 3 is 2.64 bits per heavy atom. The maximum atomic E-state index is 12.6. The van der Waals surface area contributed by atoms with Gasteiger partial charge in [-0.25, -0.2) is 0 Å². The van der Waals surface area contributed by atoms with Crippen molar-refractivity contribution in [3.63, 3.8) is 0 Å². The van der Waals surface area contributed by atoms with E-state index in [-0.39, 0.29) is 6.42 Å². The van der Waals surface area contributed by atoms with E-state index < -0.39 is 11.5 Å². The van der Waals surface area contributed by atoms with Crippen LogP contribution in [0.1, 0.15) is 17.5 Å². The molecule has 5 nitrogen and oxygen atoms in total. The highest BCUT2D eigenvalue weighted by Crippen LogP contribution is 2.29. The van der Waals surface area contributed by atoms with Crippen LogP contribution in [0.5, 0.6) is 11.5 Å². The van der Waals surface area contributed by atoms with Crippen LogP contribution in [0.4, 0.5) is 0 Å². The lowest BCUT2D eigenvalue weighted by Crippen LogP contribution is -2.45. The van der Waals surface area contributed by atoms with Crippen molar-refractivity contribution in [1.82, 2.24) is 5.32 Å². The minimum Gasteiger partial charge on any atom is -0.493 e. The zero-order valence-electron chi connectivity index (χ0n) is 15.6. The zero-order chi connectivity index (χ0) is 20.6. The molecule has 6 heteroatoms. The molecule has 1 unspecified atom stereocenters. The molecule has 146 valence electrons. The number of hydrogen-bond acceptors (Lipinski definition) is 4. The van der Waals surface area contributed by atoms with Gasteiger partial charge in [-0.05, 0) is 41.8 Å². The minimum absolute atomic E-state index is 0.151. The van der Waals surface area contributed by atoms with Gasteiger partial charge in [-0.1, -0.05) is 36.4 Å². The first-order valence-corrected chi connectivity index (χ1v) is 8.97. The Hall–Kier alpha value is -2.94. The van der Waals surface area contributed by atoms with Crippen molar-refractivity contribution in [2.45, 2.75) is 18.4 Å². The Balaban J connectivity index is 2.06. The molecule has 2 N–H and O–H groups in total. The molecule has 0 bridgehead atoms. The van der Waals surface area contributed by atoms with Gasteiger partial charge in [0, 0.05) is 11.6 Å². The van der Waals surface area contributed by atoms with Crippen molar-refractivity contribution in [3.05, 3.63) is 71.5 Å². The number of methoxy groups -OCH3 is 1. The summed E-state index contributed by atoms with van der Waals surface area (Å²) in [4.78, 5) is 12.6. The molecule has 0 heterocycles. The molecular weight excluding hydrogens is 378 g/mol. The second-order valence-corrected chi connectivity index (χ2v) is 6.46. The maximum absolute atomic E-state index is 12.6. The van der Waals surface area contributed by atoms with Crippen LogP contribution >= 0.6 is 11.6 Å². The molecule has 2 aromatic carbocycles. The highest BCUT2D eigenvalue weighted by Gasteiger charge is 2.36. The third-order valence-electron chi connectivity index (χ3n) is 4.19. The quantitative estimate of drug-likeness (QED) is 0.500. The number of benzene rings is 2. The summed E-state index contributed by atoms with van der Waals surface area (Å²) in [7, 11) is 1.54. The summed E-state index contributed by atoms with van der Waals surface area (Å²) in [6, 6.07) is 11.8. The van der Waals surface area contributed by atoms with Gasteiger partial charge in [0.25, 0.3) is 5.91 Å². The second kappa shape index (κ2) is 9.84. The first-order valence-electron chi connectivity index (χ1n) is 8.59. The topological polar surface area (TPSA) is 67.8 Å². The molecular formula is C22H22ClNO4. The summed E-state index contributed by atoms with van der Waals surface area (Å²) in [6.45, 7) is 3.83. The van der Waals surface area contributed by atoms with Gasteiger partial charge < -0.3 is 19.9 Å². The van der Waals surface area contributed by atoms with Gasteiger partial charge in [0.2, 0.25) is 0 Å². The number of carbonyl (C=O) groups excluding carboxylic acids is 1. The van der Waals surface area contributed by atoms with E-state index in [2.05, 4.69) is 17.8 Å². The molecule has 0 spiro atoms. The molecule has 0 aliphatic rings. The molecule has 1 amide bonds. The van der Waals surface area contributed by atoms with Crippen LogP contribution in [0.15, 0.2) is 55.3 Å². The lowest BCUT2D eigenvalue weighted by molar-refractivity contribution is -0.140. The van der Waals surface area contributed by atoms with Crippen molar-refractivity contribution in [3.8, 4) is 23.8 Å². The van der Waals surface area contributed by atoms with Crippen LogP contribution in [0, 0.1) is 12.3 Å². The number of carbonyl (C=O) groups is 1. The van der Waals surface area contributed by atoms with Crippen molar-refractivity contribution in [2.24, 2.45) is 0 Å². The minimum atomic E-state index is -1.82. The van der Waals surface area contributed by atoms with E-state index in [0.29, 0.717) is 35.1 Å². The molecule has 28 heavy (non-hydrogen) atoms. The first-order chi connectivity index (χ1) is 13.4. The molecule has 0 aliphatic heterocycles. The first kappa shape index (κ1) is 21.4. The number of hydrogen-bond donors (Lipinski definition) is 2. The molecule has 2 aromatic rings. The van der Waals surface area contributed by atoms with E-state index in [1.807, 2.05) is 12.1 Å². The number of aliphatic hydroxyl groups is 1. The normalized spacial score (nSPS) is 12.4. The third-order valence-corrected chi connectivity index (χ3v) is 4.44. The Labute approximate surface area is 169 Å². The van der Waals surface area contributed by atoms with Gasteiger partial charge in [0.15, 0.2) is 17.1 Å². The van der Waals surface area contributed by atoms with E-state index in [9.17, 15) is 9.90 Å². The van der Waals surface area contributed by atoms with Crippen LogP contribution in [0.3, 0.4) is 0 Å². The number of rotatable bonds is 9. The fourth-order valence-electron chi connectivity index (χ4n) is 2.71. The van der Waals surface area contributed by atoms with E-state index in [1.165, 1.54) is 6.26 Å². The highest BCUT2D eigenvalue weighted by molar-refractivity contribution is 6.30. The number of ether oxygens (including phenoxy) is 2. The van der Waals surface area contributed by atoms with Gasteiger partial charge in [0.1, 0.15) is 0 Å². The molecule has 0 saturated carbocycles. The van der Waals surface area contributed by atoms with Gasteiger partial charge in [-0.15, -0.1) is 12.3 Å². The van der Waals surface area contributed by atoms with Crippen molar-refractivity contribution >= 4 is 17.5 Å². The van der Waals surface area contributed by atoms with Gasteiger partial charge in [-0.3, -0.25) is 4.79 Å². The van der Waals surface area contributed by atoms with Crippen LogP contribution in [-0.4, -0.2) is 24.7 Å². The summed E-state index contributed by atoms with van der Waals surface area (Å²) < 4.78 is 10.5. The number of amides is 1. The molecule has 1 atom stereocenters. The van der Waals surface area contributed by atoms with E-state index >= 15 is 0 Å². The molecule has 0 radical (unpaired) electrons. The Morgan fingerprint density at radius 1 is 1.32 bits per heavy atom. The van der Waals surface area contributed by atoms with Crippen molar-refractivity contribution < 1.29 is 19.4 Å². The van der Waals surface area contributed by atoms with Crippen molar-refractivity contribution in [1.29, 1.82) is 0 Å². The average Bonchev–Trinajstić information content (AvgIpc) is 2.69. The van der Waals surface area contributed by atoms with Gasteiger partial charge >= 0.3 is 0 Å². The summed E-state index contributed by atoms with van der Waals surface area (Å²) in [5.41, 5.74) is -0.501. The number of nitrogens with one attached hydrogen (secondary N) is 1. The number of terminal acetylenes is 1. The molecule has 2 rings (SSSR count). The Kier molecular flexibility index (Phi) is 7.51. The Morgan fingerprint density at radius 2 is 2.04 bits per heavy atom. The molecule has 0 aromatic heterocycles. The summed E-state index contributed by atoms with van der Waals surface area (Å²) in [5, 5.41) is 14.1. The predicted molar refractivity (Wildman–Crippen MR) is 109 cm³/mol. The van der Waals surface area contributed by atoms with E-state index in [0.717, 1.165) is 5.56 Å². The predicted octanol–water partition coefficient (Wildman–Crippen LogP) is 3.44. The van der Waals surface area contributed by atoms with Crippen LogP contribution in [-0.2, 0) is 16.8 Å². The van der Waals surface area contributed by atoms with E-state index in [1.54, 1.807) is 37.4 Å². The van der Waals surface area contributed by atoms with E-state index in [4.69, 9.17) is 27.5 Å². The van der Waals surface area contributed by atoms with Gasteiger partial charge in [0.05, 0.1) is 19.8 Å². The number of halogens is 1. The summed E-state index contributed by atoms with van der Waals surface area (Å²) >= 11 is 5.88. The summed E-state index contributed by atoms with van der Waals surface area (Å²) in [6.07, 6.45) is 7.06. The fraction of sp³-hybridized carbons (Fsp3) is 0.227. The van der Waals surface area contributed by atoms with Crippen LogP contribution < -0.4 is 14.8 Å². The van der Waals surface area contributed by atoms with Crippen LogP contribution in [0.25, 0.3) is 0 Å². The molecule has 0 saturated heterocycles. The largest absolute Gasteiger partial charge is 0.493 e. The highest BCUT2D eigenvalue weighted by atomic mass is 35.5. The monoisotopic (exact) mass is 399 g/mol. The average molecular weight is 400 g/mol. The Bertz CT molecular complexity index is 873. The zero-order valence-corrected chi connectivity index (χ0v) is 16.3. The van der Waals surface area contributed by atoms with Gasteiger partial charge in [-0.2, -0.15) is 0 Å². The smallest absolute Gasteiger partial charge is 0.257 e. The SMILES string of the molecule is C#CCC(O)(C(=O)NCCc1ccc(OC=C)c(OC)c1)c1ccc(Cl)cc1. The lowest BCUT2D eigenvalue weighted by atomic mass is 9.89. The molecule has 0 fully saturated rings. The van der Waals surface area contributed by atoms with Crippen molar-refractivity contribution in [2.75, 3.05) is 13.7 Å². The van der Waals surface area contributed by atoms with Crippen LogP contribution in [0.2, 0.25) is 5.02 Å². The fourth-order valence-corrected chi connectivity index (χ4v) is 2.83. The standard InChI is InChI=1S/C22H22ClNO4/c1-4-13-22(26,17-7-9-18(23)10-8-17)21(25)24-14-12-16-6-11-19(28-5-2)20(15-16)27-3/h1,5-11,15,26H,2,12-14H2,3H3,(H,24,25). The third kappa shape index (κ3) is 5.07.